The van der Waals surface area contributed by atoms with Crippen LogP contribution in [-0.2, 0) is 10.0 Å². The van der Waals surface area contributed by atoms with E-state index in [2.05, 4.69) is 4.72 Å². The van der Waals surface area contributed by atoms with Crippen LogP contribution in [-0.4, -0.2) is 26.6 Å². The highest BCUT2D eigenvalue weighted by molar-refractivity contribution is 7.92. The van der Waals surface area contributed by atoms with Crippen molar-refractivity contribution in [2.75, 3.05) is 11.8 Å². The molecule has 0 aliphatic rings. The molecule has 2 aromatic rings. The molecule has 0 spiro atoms. The fourth-order valence-corrected chi connectivity index (χ4v) is 3.89. The van der Waals surface area contributed by atoms with Gasteiger partial charge in [-0.3, -0.25) is 4.72 Å². The van der Waals surface area contributed by atoms with Crippen molar-refractivity contribution < 1.29 is 23.1 Å². The maximum Gasteiger partial charge on any atom is 0.337 e. The third-order valence-corrected chi connectivity index (χ3v) is 5.13. The number of nitrogens with one attached hydrogen (secondary N) is 1. The summed E-state index contributed by atoms with van der Waals surface area (Å²) in [6, 6.07) is 7.75. The van der Waals surface area contributed by atoms with Crippen molar-refractivity contribution in [3.05, 3.63) is 52.6 Å². The number of rotatable bonds is 5. The van der Waals surface area contributed by atoms with E-state index in [4.69, 9.17) is 4.74 Å². The van der Waals surface area contributed by atoms with Gasteiger partial charge in [-0.05, 0) is 61.7 Å². The van der Waals surface area contributed by atoms with Crippen molar-refractivity contribution >= 4 is 21.7 Å². The number of methoxy groups -OCH3 is 1. The maximum atomic E-state index is 12.7. The molecule has 24 heavy (non-hydrogen) atoms. The molecule has 0 amide bonds. The van der Waals surface area contributed by atoms with Crippen molar-refractivity contribution in [2.24, 2.45) is 0 Å². The SMILES string of the molecule is COc1ccc(S(=O)(=O)Nc2c(C)cc(C)cc2C(=O)O)c(C)c1. The first-order valence-electron chi connectivity index (χ1n) is 7.17. The minimum atomic E-state index is -3.93. The Balaban J connectivity index is 2.53. The Hall–Kier alpha value is -2.54. The molecule has 2 aromatic carbocycles. The first-order chi connectivity index (χ1) is 11.2. The van der Waals surface area contributed by atoms with Crippen LogP contribution in [0.3, 0.4) is 0 Å². The van der Waals surface area contributed by atoms with Crippen LogP contribution in [0.15, 0.2) is 35.2 Å². The zero-order valence-corrected chi connectivity index (χ0v) is 14.7. The third kappa shape index (κ3) is 3.51. The summed E-state index contributed by atoms with van der Waals surface area (Å²) in [6.45, 7) is 5.07. The summed E-state index contributed by atoms with van der Waals surface area (Å²) in [5.41, 5.74) is 1.78. The zero-order chi connectivity index (χ0) is 18.1. The first kappa shape index (κ1) is 17.8. The van der Waals surface area contributed by atoms with Crippen molar-refractivity contribution in [1.29, 1.82) is 0 Å². The smallest absolute Gasteiger partial charge is 0.337 e. The minimum Gasteiger partial charge on any atom is -0.497 e. The highest BCUT2D eigenvalue weighted by Crippen LogP contribution is 2.28. The van der Waals surface area contributed by atoms with Gasteiger partial charge in [0, 0.05) is 0 Å². The Kier molecular flexibility index (Phi) is 4.84. The summed E-state index contributed by atoms with van der Waals surface area (Å²) >= 11 is 0. The molecule has 0 radical (unpaired) electrons. The number of aromatic carboxylic acids is 1. The molecule has 0 saturated carbocycles. The highest BCUT2D eigenvalue weighted by atomic mass is 32.2. The Labute approximate surface area is 141 Å². The molecule has 0 saturated heterocycles. The average molecular weight is 349 g/mol. The van der Waals surface area contributed by atoms with E-state index in [-0.39, 0.29) is 16.1 Å². The van der Waals surface area contributed by atoms with Crippen LogP contribution in [0.5, 0.6) is 5.75 Å². The number of hydrogen-bond acceptors (Lipinski definition) is 4. The van der Waals surface area contributed by atoms with Crippen molar-refractivity contribution in [1.82, 2.24) is 0 Å². The molecule has 0 aliphatic carbocycles. The number of aryl methyl sites for hydroxylation is 3. The number of hydrogen-bond donors (Lipinski definition) is 2. The van der Waals surface area contributed by atoms with Gasteiger partial charge in [-0.2, -0.15) is 0 Å². The monoisotopic (exact) mass is 349 g/mol. The number of carbonyl (C=O) groups is 1. The van der Waals surface area contributed by atoms with E-state index in [9.17, 15) is 18.3 Å². The number of anilines is 1. The van der Waals surface area contributed by atoms with Gasteiger partial charge < -0.3 is 9.84 Å². The highest BCUT2D eigenvalue weighted by Gasteiger charge is 2.22. The minimum absolute atomic E-state index is 0.0691. The second-order valence-corrected chi connectivity index (χ2v) is 7.20. The molecule has 0 unspecified atom stereocenters. The molecule has 0 fully saturated rings. The number of carboxylic acid groups (broad SMARTS) is 1. The van der Waals surface area contributed by atoms with Crippen LogP contribution < -0.4 is 9.46 Å². The summed E-state index contributed by atoms with van der Waals surface area (Å²) in [5, 5.41) is 9.35. The van der Waals surface area contributed by atoms with Crippen LogP contribution in [0.25, 0.3) is 0 Å². The van der Waals surface area contributed by atoms with E-state index in [1.807, 2.05) is 0 Å². The summed E-state index contributed by atoms with van der Waals surface area (Å²) in [4.78, 5) is 11.5. The van der Waals surface area contributed by atoms with Crippen LogP contribution in [0.2, 0.25) is 0 Å². The van der Waals surface area contributed by atoms with Gasteiger partial charge in [-0.15, -0.1) is 0 Å². The number of benzene rings is 2. The maximum absolute atomic E-state index is 12.7. The molecular weight excluding hydrogens is 330 g/mol. The fourth-order valence-electron chi connectivity index (χ4n) is 2.51. The molecular formula is C17H19NO5S. The summed E-state index contributed by atoms with van der Waals surface area (Å²) in [5.74, 6) is -0.643. The number of carboxylic acids is 1. The van der Waals surface area contributed by atoms with Gasteiger partial charge in [0.1, 0.15) is 5.75 Å². The quantitative estimate of drug-likeness (QED) is 0.865. The zero-order valence-electron chi connectivity index (χ0n) is 13.9. The standard InChI is InChI=1S/C17H19NO5S/c1-10-7-12(3)16(14(8-10)17(19)20)18-24(21,22)15-6-5-13(23-4)9-11(15)2/h5-9,18H,1-4H3,(H,19,20). The fraction of sp³-hybridized carbons (Fsp3) is 0.235. The molecule has 0 bridgehead atoms. The van der Waals surface area contributed by atoms with Gasteiger partial charge in [0.25, 0.3) is 10.0 Å². The van der Waals surface area contributed by atoms with Gasteiger partial charge in [0.2, 0.25) is 0 Å². The predicted molar refractivity (Wildman–Crippen MR) is 91.4 cm³/mol. The topological polar surface area (TPSA) is 92.7 Å². The lowest BCUT2D eigenvalue weighted by Gasteiger charge is -2.15. The lowest BCUT2D eigenvalue weighted by atomic mass is 10.0. The number of ether oxygens (including phenoxy) is 1. The van der Waals surface area contributed by atoms with Gasteiger partial charge >= 0.3 is 5.97 Å². The predicted octanol–water partition coefficient (Wildman–Crippen LogP) is 3.12. The Morgan fingerprint density at radius 3 is 2.29 bits per heavy atom. The van der Waals surface area contributed by atoms with Gasteiger partial charge in [0.15, 0.2) is 0 Å². The Morgan fingerprint density at radius 1 is 1.08 bits per heavy atom. The largest absolute Gasteiger partial charge is 0.497 e. The first-order valence-corrected chi connectivity index (χ1v) is 8.66. The van der Waals surface area contributed by atoms with E-state index < -0.39 is 16.0 Å². The van der Waals surface area contributed by atoms with Gasteiger partial charge in [0.05, 0.1) is 23.3 Å². The molecule has 2 N–H and O–H groups in total. The molecule has 7 heteroatoms. The lowest BCUT2D eigenvalue weighted by molar-refractivity contribution is 0.0698. The van der Waals surface area contributed by atoms with Crippen LogP contribution in [0.1, 0.15) is 27.0 Å². The second kappa shape index (κ2) is 6.52. The Morgan fingerprint density at radius 2 is 1.75 bits per heavy atom. The van der Waals surface area contributed by atoms with Crippen molar-refractivity contribution in [3.8, 4) is 5.75 Å². The molecule has 6 nitrogen and oxygen atoms in total. The molecule has 0 aliphatic heterocycles. The molecule has 0 aromatic heterocycles. The van der Waals surface area contributed by atoms with Crippen LogP contribution in [0, 0.1) is 20.8 Å². The summed E-state index contributed by atoms with van der Waals surface area (Å²) in [7, 11) is -2.43. The Bertz CT molecular complexity index is 903. The van der Waals surface area contributed by atoms with Crippen LogP contribution >= 0.6 is 0 Å². The molecule has 128 valence electrons. The van der Waals surface area contributed by atoms with E-state index in [1.54, 1.807) is 39.0 Å². The van der Waals surface area contributed by atoms with E-state index in [0.717, 1.165) is 5.56 Å². The number of sulfonamides is 1. The van der Waals surface area contributed by atoms with E-state index in [1.165, 1.54) is 19.2 Å². The van der Waals surface area contributed by atoms with Crippen LogP contribution in [0.4, 0.5) is 5.69 Å². The summed E-state index contributed by atoms with van der Waals surface area (Å²) < 4.78 is 32.9. The lowest BCUT2D eigenvalue weighted by Crippen LogP contribution is -2.17. The average Bonchev–Trinajstić information content (AvgIpc) is 2.48. The van der Waals surface area contributed by atoms with E-state index in [0.29, 0.717) is 16.9 Å². The molecule has 0 heterocycles. The molecule has 0 atom stereocenters. The van der Waals surface area contributed by atoms with Gasteiger partial charge in [-0.1, -0.05) is 6.07 Å². The second-order valence-electron chi connectivity index (χ2n) is 5.55. The summed E-state index contributed by atoms with van der Waals surface area (Å²) in [6.07, 6.45) is 0. The van der Waals surface area contributed by atoms with Crippen molar-refractivity contribution in [2.45, 2.75) is 25.7 Å². The van der Waals surface area contributed by atoms with Crippen molar-refractivity contribution in [3.63, 3.8) is 0 Å². The van der Waals surface area contributed by atoms with E-state index >= 15 is 0 Å². The molecule has 2 rings (SSSR count). The third-order valence-electron chi connectivity index (χ3n) is 3.62. The normalized spacial score (nSPS) is 11.2. The van der Waals surface area contributed by atoms with Gasteiger partial charge in [-0.25, -0.2) is 13.2 Å².